The molecule has 19 heavy (non-hydrogen) atoms. The van der Waals surface area contributed by atoms with Crippen molar-refractivity contribution in [2.24, 2.45) is 0 Å². The van der Waals surface area contributed by atoms with Crippen LogP contribution in [-0.2, 0) is 0 Å². The second-order valence-corrected chi connectivity index (χ2v) is 4.01. The number of furan rings is 1. The molecule has 0 fully saturated rings. The molecule has 3 nitrogen and oxygen atoms in total. The van der Waals surface area contributed by atoms with E-state index >= 15 is 0 Å². The number of hydrogen-bond donors (Lipinski definition) is 0. The molecular formula is C14H7F2NO2. The monoisotopic (exact) mass is 259 g/mol. The van der Waals surface area contributed by atoms with Crippen LogP contribution in [0.15, 0.2) is 47.1 Å². The topological polar surface area (TPSA) is 43.1 Å². The fourth-order valence-electron chi connectivity index (χ4n) is 1.80. The Labute approximate surface area is 106 Å². The molecule has 0 aliphatic carbocycles. The van der Waals surface area contributed by atoms with E-state index in [-0.39, 0.29) is 11.3 Å². The van der Waals surface area contributed by atoms with Gasteiger partial charge in [0.1, 0.15) is 17.2 Å². The van der Waals surface area contributed by atoms with Gasteiger partial charge in [-0.3, -0.25) is 9.78 Å². The van der Waals surface area contributed by atoms with Gasteiger partial charge in [0.15, 0.2) is 5.76 Å². The molecule has 3 rings (SSSR count). The molecule has 0 radical (unpaired) electrons. The van der Waals surface area contributed by atoms with Crippen molar-refractivity contribution in [3.8, 4) is 0 Å². The van der Waals surface area contributed by atoms with Crippen molar-refractivity contribution in [1.29, 1.82) is 0 Å². The third-order valence-electron chi connectivity index (χ3n) is 2.67. The van der Waals surface area contributed by atoms with Crippen molar-refractivity contribution in [2.75, 3.05) is 0 Å². The van der Waals surface area contributed by atoms with Crippen molar-refractivity contribution in [2.45, 2.75) is 0 Å². The molecule has 0 spiro atoms. The molecule has 0 aliphatic rings. The molecule has 0 atom stereocenters. The highest BCUT2D eigenvalue weighted by molar-refractivity contribution is 6.08. The van der Waals surface area contributed by atoms with E-state index < -0.39 is 17.4 Å². The van der Waals surface area contributed by atoms with Crippen LogP contribution in [0.5, 0.6) is 0 Å². The molecule has 3 aromatic rings. The number of hydrogen-bond acceptors (Lipinski definition) is 3. The lowest BCUT2D eigenvalue weighted by Gasteiger charge is -1.96. The van der Waals surface area contributed by atoms with Gasteiger partial charge in [-0.2, -0.15) is 0 Å². The molecule has 94 valence electrons. The lowest BCUT2D eigenvalue weighted by Crippen LogP contribution is -2.00. The van der Waals surface area contributed by atoms with Crippen molar-refractivity contribution in [3.05, 3.63) is 65.7 Å². The summed E-state index contributed by atoms with van der Waals surface area (Å²) >= 11 is 0. The minimum absolute atomic E-state index is 0.0213. The summed E-state index contributed by atoms with van der Waals surface area (Å²) in [5, 5.41) is 0.479. The van der Waals surface area contributed by atoms with Crippen LogP contribution in [0.3, 0.4) is 0 Å². The third-order valence-corrected chi connectivity index (χ3v) is 2.67. The Morgan fingerprint density at radius 2 is 1.89 bits per heavy atom. The van der Waals surface area contributed by atoms with Crippen LogP contribution < -0.4 is 0 Å². The van der Waals surface area contributed by atoms with Gasteiger partial charge in [-0.05, 0) is 30.3 Å². The van der Waals surface area contributed by atoms with Crippen LogP contribution in [0.4, 0.5) is 8.78 Å². The van der Waals surface area contributed by atoms with Gasteiger partial charge < -0.3 is 4.42 Å². The number of carbonyl (C=O) groups is 1. The van der Waals surface area contributed by atoms with E-state index in [1.54, 1.807) is 0 Å². The number of rotatable bonds is 2. The molecular weight excluding hydrogens is 252 g/mol. The Morgan fingerprint density at radius 3 is 2.68 bits per heavy atom. The van der Waals surface area contributed by atoms with Gasteiger partial charge in [0.2, 0.25) is 5.78 Å². The number of benzene rings is 1. The molecule has 0 saturated carbocycles. The van der Waals surface area contributed by atoms with Gasteiger partial charge in [-0.1, -0.05) is 0 Å². The average Bonchev–Trinajstić information content (AvgIpc) is 2.80. The van der Waals surface area contributed by atoms with E-state index in [1.807, 2.05) is 0 Å². The van der Waals surface area contributed by atoms with Gasteiger partial charge in [0, 0.05) is 17.1 Å². The summed E-state index contributed by atoms with van der Waals surface area (Å²) < 4.78 is 31.4. The van der Waals surface area contributed by atoms with Gasteiger partial charge >= 0.3 is 0 Å². The maximum atomic E-state index is 13.0. The molecule has 0 amide bonds. The zero-order valence-electron chi connectivity index (χ0n) is 9.56. The predicted octanol–water partition coefficient (Wildman–Crippen LogP) is 3.34. The lowest BCUT2D eigenvalue weighted by molar-refractivity contribution is 0.101. The number of fused-ring (bicyclic) bond motifs is 1. The first kappa shape index (κ1) is 11.5. The highest BCUT2D eigenvalue weighted by atomic mass is 19.1. The average molecular weight is 259 g/mol. The summed E-state index contributed by atoms with van der Waals surface area (Å²) in [5.74, 6) is -1.50. The second-order valence-electron chi connectivity index (χ2n) is 4.01. The van der Waals surface area contributed by atoms with Crippen molar-refractivity contribution in [1.82, 2.24) is 4.98 Å². The molecule has 0 unspecified atom stereocenters. The van der Waals surface area contributed by atoms with Crippen LogP contribution in [0.25, 0.3) is 11.0 Å². The Morgan fingerprint density at radius 1 is 1.05 bits per heavy atom. The number of ketones is 1. The third kappa shape index (κ3) is 2.10. The summed E-state index contributed by atoms with van der Waals surface area (Å²) in [7, 11) is 0. The molecule has 1 aromatic carbocycles. The van der Waals surface area contributed by atoms with Crippen molar-refractivity contribution < 1.29 is 18.0 Å². The van der Waals surface area contributed by atoms with Crippen LogP contribution in [0, 0.1) is 11.6 Å². The van der Waals surface area contributed by atoms with E-state index in [9.17, 15) is 13.6 Å². The Hall–Kier alpha value is -2.56. The normalized spacial score (nSPS) is 10.8. The Bertz CT molecular complexity index is 780. The van der Waals surface area contributed by atoms with Crippen LogP contribution in [0.2, 0.25) is 0 Å². The molecule has 0 saturated heterocycles. The van der Waals surface area contributed by atoms with Crippen molar-refractivity contribution in [3.63, 3.8) is 0 Å². The zero-order chi connectivity index (χ0) is 13.4. The first-order chi connectivity index (χ1) is 9.13. The number of nitrogens with zero attached hydrogens (tertiary/aromatic N) is 1. The largest absolute Gasteiger partial charge is 0.453 e. The van der Waals surface area contributed by atoms with E-state index in [0.29, 0.717) is 11.0 Å². The Kier molecular flexibility index (Phi) is 2.59. The van der Waals surface area contributed by atoms with Gasteiger partial charge in [0.25, 0.3) is 0 Å². The summed E-state index contributed by atoms with van der Waals surface area (Å²) in [6, 6.07) is 6.43. The maximum Gasteiger partial charge on any atom is 0.229 e. The van der Waals surface area contributed by atoms with Crippen LogP contribution in [-0.4, -0.2) is 10.8 Å². The summed E-state index contributed by atoms with van der Waals surface area (Å²) in [5.41, 5.74) is 0.480. The van der Waals surface area contributed by atoms with E-state index in [4.69, 9.17) is 4.42 Å². The number of pyridine rings is 1. The number of carbonyl (C=O) groups excluding carboxylic acids is 1. The highest BCUT2D eigenvalue weighted by Gasteiger charge is 2.15. The summed E-state index contributed by atoms with van der Waals surface area (Å²) in [6.45, 7) is 0. The first-order valence-electron chi connectivity index (χ1n) is 5.48. The molecule has 0 bridgehead atoms. The second kappa shape index (κ2) is 4.28. The summed E-state index contributed by atoms with van der Waals surface area (Å²) in [4.78, 5) is 15.7. The number of halogens is 2. The van der Waals surface area contributed by atoms with Gasteiger partial charge in [0.05, 0.1) is 6.20 Å². The molecule has 2 aromatic heterocycles. The standard InChI is InChI=1S/C14H7F2NO2/c15-10-1-2-12-8(3-10)5-13(19-12)14(18)9-4-11(16)7-17-6-9/h1-7H. The van der Waals surface area contributed by atoms with Crippen LogP contribution >= 0.6 is 0 Å². The van der Waals surface area contributed by atoms with E-state index in [1.165, 1.54) is 30.5 Å². The van der Waals surface area contributed by atoms with Gasteiger partial charge in [-0.25, -0.2) is 8.78 Å². The summed E-state index contributed by atoms with van der Waals surface area (Å²) in [6.07, 6.45) is 2.25. The maximum absolute atomic E-state index is 13.0. The Balaban J connectivity index is 2.06. The molecule has 0 aliphatic heterocycles. The van der Waals surface area contributed by atoms with Crippen LogP contribution in [0.1, 0.15) is 16.1 Å². The zero-order valence-corrected chi connectivity index (χ0v) is 9.56. The fourth-order valence-corrected chi connectivity index (χ4v) is 1.80. The molecule has 5 heteroatoms. The van der Waals surface area contributed by atoms with E-state index in [2.05, 4.69) is 4.98 Å². The lowest BCUT2D eigenvalue weighted by atomic mass is 10.1. The fraction of sp³-hybridized carbons (Fsp3) is 0. The van der Waals surface area contributed by atoms with Gasteiger partial charge in [-0.15, -0.1) is 0 Å². The first-order valence-corrected chi connectivity index (χ1v) is 5.48. The molecule has 2 heterocycles. The minimum atomic E-state index is -0.604. The predicted molar refractivity (Wildman–Crippen MR) is 63.8 cm³/mol. The quantitative estimate of drug-likeness (QED) is 0.663. The minimum Gasteiger partial charge on any atom is -0.453 e. The number of aromatic nitrogens is 1. The van der Waals surface area contributed by atoms with E-state index in [0.717, 1.165) is 12.3 Å². The highest BCUT2D eigenvalue weighted by Crippen LogP contribution is 2.22. The smallest absolute Gasteiger partial charge is 0.229 e. The SMILES string of the molecule is O=C(c1cncc(F)c1)c1cc2cc(F)ccc2o1. The molecule has 0 N–H and O–H groups in total. The van der Waals surface area contributed by atoms with Crippen molar-refractivity contribution >= 4 is 16.8 Å².